The molecule has 2 aromatic rings. The maximum atomic E-state index is 12.6. The van der Waals surface area contributed by atoms with Crippen LogP contribution in [0.2, 0.25) is 0 Å². The van der Waals surface area contributed by atoms with E-state index in [1.807, 2.05) is 6.07 Å². The molecule has 1 atom stereocenters. The molecule has 0 radical (unpaired) electrons. The summed E-state index contributed by atoms with van der Waals surface area (Å²) in [5, 5.41) is 20.6. The van der Waals surface area contributed by atoms with Crippen molar-refractivity contribution in [2.24, 2.45) is 0 Å². The topological polar surface area (TPSA) is 105 Å². The van der Waals surface area contributed by atoms with Gasteiger partial charge in [-0.05, 0) is 31.0 Å². The minimum atomic E-state index is -1.14. The van der Waals surface area contributed by atoms with Crippen molar-refractivity contribution in [1.29, 1.82) is 0 Å². The smallest absolute Gasteiger partial charge is 0.322 e. The van der Waals surface area contributed by atoms with Gasteiger partial charge in [-0.1, -0.05) is 12.8 Å². The number of benzene rings is 1. The highest BCUT2D eigenvalue weighted by Crippen LogP contribution is 2.31. The Labute approximate surface area is 156 Å². The van der Waals surface area contributed by atoms with Crippen molar-refractivity contribution in [2.45, 2.75) is 43.8 Å². The first-order chi connectivity index (χ1) is 13.0. The van der Waals surface area contributed by atoms with E-state index < -0.39 is 11.6 Å². The van der Waals surface area contributed by atoms with Gasteiger partial charge in [0.15, 0.2) is 11.4 Å². The average Bonchev–Trinajstić information content (AvgIpc) is 3.34. The Balaban J connectivity index is 1.63. The molecule has 144 valence electrons. The number of fused-ring (bicyclic) bond motifs is 1. The average molecular weight is 372 g/mol. The zero-order chi connectivity index (χ0) is 19.0. The van der Waals surface area contributed by atoms with E-state index in [0.717, 1.165) is 18.2 Å². The second-order valence-electron chi connectivity index (χ2n) is 7.39. The normalized spacial score (nSPS) is 23.0. The molecule has 4 N–H and O–H groups in total. The number of methoxy groups -OCH3 is 1. The molecule has 4 rings (SSSR count). The third-order valence-electron chi connectivity index (χ3n) is 5.57. The van der Waals surface area contributed by atoms with Crippen molar-refractivity contribution < 1.29 is 19.4 Å². The fourth-order valence-corrected chi connectivity index (χ4v) is 4.04. The predicted molar refractivity (Wildman–Crippen MR) is 99.8 cm³/mol. The van der Waals surface area contributed by atoms with Crippen LogP contribution in [-0.4, -0.2) is 46.8 Å². The van der Waals surface area contributed by atoms with E-state index in [0.29, 0.717) is 23.7 Å². The molecule has 1 aromatic heterocycles. The van der Waals surface area contributed by atoms with Gasteiger partial charge in [-0.25, -0.2) is 4.79 Å². The lowest BCUT2D eigenvalue weighted by molar-refractivity contribution is -0.124. The van der Waals surface area contributed by atoms with Crippen LogP contribution in [0.25, 0.3) is 10.8 Å². The number of nitrogens with zero attached hydrogens (tertiary/aromatic N) is 1. The van der Waals surface area contributed by atoms with Crippen molar-refractivity contribution in [2.75, 3.05) is 13.7 Å². The minimum absolute atomic E-state index is 0.0573. The molecule has 2 fully saturated rings. The van der Waals surface area contributed by atoms with Gasteiger partial charge in [0.25, 0.3) is 5.91 Å². The van der Waals surface area contributed by atoms with Crippen molar-refractivity contribution >= 4 is 22.7 Å². The molecular weight excluding hydrogens is 348 g/mol. The van der Waals surface area contributed by atoms with Crippen LogP contribution >= 0.6 is 0 Å². The number of imide groups is 1. The van der Waals surface area contributed by atoms with Gasteiger partial charge in [0, 0.05) is 29.6 Å². The summed E-state index contributed by atoms with van der Waals surface area (Å²) >= 11 is 0. The number of nitrogens with one attached hydrogen (secondary N) is 3. The number of ether oxygens (including phenoxy) is 1. The quantitative estimate of drug-likeness (QED) is 0.575. The van der Waals surface area contributed by atoms with Gasteiger partial charge >= 0.3 is 6.03 Å². The predicted octanol–water partition coefficient (Wildman–Crippen LogP) is 1.47. The first-order valence-electron chi connectivity index (χ1n) is 9.23. The van der Waals surface area contributed by atoms with E-state index in [-0.39, 0.29) is 18.3 Å². The second-order valence-corrected chi connectivity index (χ2v) is 7.39. The Bertz CT molecular complexity index is 887. The molecule has 1 unspecified atom stereocenters. The summed E-state index contributed by atoms with van der Waals surface area (Å²) in [5.41, 5.74) is -1.14. The third-order valence-corrected chi connectivity index (χ3v) is 5.57. The fraction of sp³-hybridized carbons (Fsp3) is 0.474. The van der Waals surface area contributed by atoms with E-state index in [9.17, 15) is 14.7 Å². The number of carbonyl (C=O) groups is 2. The number of rotatable bonds is 6. The highest BCUT2D eigenvalue weighted by Gasteiger charge is 2.47. The zero-order valence-electron chi connectivity index (χ0n) is 15.2. The number of carbonyl (C=O) groups excluding carboxylic acids is 2. The van der Waals surface area contributed by atoms with Crippen LogP contribution in [0.3, 0.4) is 0 Å². The van der Waals surface area contributed by atoms with Crippen LogP contribution in [0.1, 0.15) is 25.7 Å². The molecule has 0 bridgehead atoms. The number of amides is 3. The summed E-state index contributed by atoms with van der Waals surface area (Å²) in [4.78, 5) is 24.4. The summed E-state index contributed by atoms with van der Waals surface area (Å²) in [5.74, 6) is 0.360. The molecule has 1 aromatic carbocycles. The first-order valence-corrected chi connectivity index (χ1v) is 9.23. The van der Waals surface area contributed by atoms with Gasteiger partial charge in [-0.3, -0.25) is 10.1 Å². The Kier molecular flexibility index (Phi) is 4.43. The maximum absolute atomic E-state index is 12.6. The van der Waals surface area contributed by atoms with Gasteiger partial charge < -0.3 is 25.0 Å². The van der Waals surface area contributed by atoms with E-state index in [4.69, 9.17) is 4.74 Å². The largest absolute Gasteiger partial charge is 0.497 e. The number of aromatic hydroxyl groups is 1. The van der Waals surface area contributed by atoms with E-state index in [1.165, 1.54) is 12.8 Å². The van der Waals surface area contributed by atoms with Gasteiger partial charge in [0.05, 0.1) is 13.7 Å². The van der Waals surface area contributed by atoms with Crippen LogP contribution in [0.15, 0.2) is 24.4 Å². The number of hydrogen-bond donors (Lipinski definition) is 4. The Morgan fingerprint density at radius 3 is 2.78 bits per heavy atom. The summed E-state index contributed by atoms with van der Waals surface area (Å²) in [6.45, 7) is 0.444. The number of urea groups is 1. The lowest BCUT2D eigenvalue weighted by Crippen LogP contribution is -2.58. The van der Waals surface area contributed by atoms with Gasteiger partial charge in [0.2, 0.25) is 0 Å². The molecule has 2 aliphatic rings. The molecule has 1 saturated heterocycles. The summed E-state index contributed by atoms with van der Waals surface area (Å²) < 4.78 is 6.83. The SMILES string of the molecule is COc1ccc2c(O)n(CC3(CNC4CCCC4)NC(=O)NC3=O)cc2c1. The third kappa shape index (κ3) is 3.21. The molecule has 8 nitrogen and oxygen atoms in total. The van der Waals surface area contributed by atoms with Gasteiger partial charge in [-0.2, -0.15) is 0 Å². The van der Waals surface area contributed by atoms with Crippen LogP contribution < -0.4 is 20.7 Å². The number of hydrogen-bond acceptors (Lipinski definition) is 5. The van der Waals surface area contributed by atoms with E-state index in [2.05, 4.69) is 16.0 Å². The van der Waals surface area contributed by atoms with Crippen molar-refractivity contribution in [3.05, 3.63) is 24.4 Å². The monoisotopic (exact) mass is 372 g/mol. The summed E-state index contributed by atoms with van der Waals surface area (Å²) in [6, 6.07) is 5.22. The van der Waals surface area contributed by atoms with Crippen LogP contribution in [0.4, 0.5) is 4.79 Å². The van der Waals surface area contributed by atoms with Crippen molar-refractivity contribution in [3.63, 3.8) is 0 Å². The maximum Gasteiger partial charge on any atom is 0.322 e. The summed E-state index contributed by atoms with van der Waals surface area (Å²) in [7, 11) is 1.58. The molecule has 1 saturated carbocycles. The second kappa shape index (κ2) is 6.77. The zero-order valence-corrected chi connectivity index (χ0v) is 15.2. The standard InChI is InChI=1S/C19H24N4O4/c1-27-14-6-7-15-12(8-14)9-23(16(15)24)11-19(17(25)21-18(26)22-19)10-20-13-4-2-3-5-13/h6-9,13,20,24H,2-5,10-11H2,1H3,(H2,21,22,25,26). The Morgan fingerprint density at radius 2 is 2.11 bits per heavy atom. The highest BCUT2D eigenvalue weighted by molar-refractivity contribution is 6.07. The highest BCUT2D eigenvalue weighted by atomic mass is 16.5. The lowest BCUT2D eigenvalue weighted by atomic mass is 9.99. The molecule has 8 heteroatoms. The van der Waals surface area contributed by atoms with Crippen LogP contribution in [0, 0.1) is 0 Å². The van der Waals surface area contributed by atoms with Crippen LogP contribution in [0.5, 0.6) is 11.6 Å². The number of aromatic nitrogens is 1. The fourth-order valence-electron chi connectivity index (χ4n) is 4.04. The van der Waals surface area contributed by atoms with Gasteiger partial charge in [-0.15, -0.1) is 0 Å². The van der Waals surface area contributed by atoms with Crippen molar-refractivity contribution in [1.82, 2.24) is 20.5 Å². The molecule has 1 aliphatic heterocycles. The van der Waals surface area contributed by atoms with E-state index in [1.54, 1.807) is 30.0 Å². The molecule has 0 spiro atoms. The first kappa shape index (κ1) is 17.7. The Hall–Kier alpha value is -2.74. The minimum Gasteiger partial charge on any atom is -0.497 e. The van der Waals surface area contributed by atoms with Crippen LogP contribution in [-0.2, 0) is 11.3 Å². The lowest BCUT2D eigenvalue weighted by Gasteiger charge is -2.28. The molecule has 2 heterocycles. The molecule has 1 aliphatic carbocycles. The van der Waals surface area contributed by atoms with Gasteiger partial charge in [0.1, 0.15) is 5.75 Å². The molecule has 27 heavy (non-hydrogen) atoms. The van der Waals surface area contributed by atoms with E-state index >= 15 is 0 Å². The van der Waals surface area contributed by atoms with Crippen molar-refractivity contribution in [3.8, 4) is 11.6 Å². The summed E-state index contributed by atoms with van der Waals surface area (Å²) in [6.07, 6.45) is 6.26. The molecule has 3 amide bonds. The molecular formula is C19H24N4O4. The Morgan fingerprint density at radius 1 is 1.33 bits per heavy atom.